The summed E-state index contributed by atoms with van der Waals surface area (Å²) >= 11 is 1.62. The Balaban J connectivity index is 1.37. The van der Waals surface area contributed by atoms with Crippen molar-refractivity contribution in [1.82, 2.24) is 15.2 Å². The van der Waals surface area contributed by atoms with Crippen molar-refractivity contribution >= 4 is 22.2 Å². The topological polar surface area (TPSA) is 45.2 Å². The molecule has 1 fully saturated rings. The number of nitrogens with zero attached hydrogens (tertiary/aromatic N) is 5. The first kappa shape index (κ1) is 16.0. The second kappa shape index (κ2) is 7.14. The van der Waals surface area contributed by atoms with Gasteiger partial charge >= 0.3 is 0 Å². The summed E-state index contributed by atoms with van der Waals surface area (Å²) in [5, 5.41) is 10.6. The summed E-state index contributed by atoms with van der Waals surface area (Å²) < 4.78 is 13.0. The zero-order valence-corrected chi connectivity index (χ0v) is 14.5. The maximum Gasteiger partial charge on any atom is 0.208 e. The minimum atomic E-state index is -0.214. The average molecular weight is 355 g/mol. The Morgan fingerprint density at radius 2 is 1.56 bits per heavy atom. The van der Waals surface area contributed by atoms with Gasteiger partial charge in [0.2, 0.25) is 5.13 Å². The smallest absolute Gasteiger partial charge is 0.208 e. The predicted molar refractivity (Wildman–Crippen MR) is 97.8 cm³/mol. The number of rotatable bonds is 4. The summed E-state index contributed by atoms with van der Waals surface area (Å²) in [5.74, 6) is -0.214. The zero-order chi connectivity index (χ0) is 17.1. The fraction of sp³-hybridized carbons (Fsp3) is 0.278. The number of pyridine rings is 1. The zero-order valence-electron chi connectivity index (χ0n) is 13.7. The van der Waals surface area contributed by atoms with Gasteiger partial charge in [-0.15, -0.1) is 10.2 Å². The lowest BCUT2D eigenvalue weighted by Crippen LogP contribution is -2.46. The van der Waals surface area contributed by atoms with Crippen molar-refractivity contribution in [3.63, 3.8) is 0 Å². The molecule has 0 N–H and O–H groups in total. The van der Waals surface area contributed by atoms with Gasteiger partial charge in [0.15, 0.2) is 0 Å². The van der Waals surface area contributed by atoms with E-state index in [4.69, 9.17) is 0 Å². The van der Waals surface area contributed by atoms with Gasteiger partial charge in [-0.2, -0.15) is 0 Å². The average Bonchev–Trinajstić information content (AvgIpc) is 3.13. The number of hydrogen-bond acceptors (Lipinski definition) is 6. The first-order valence-corrected chi connectivity index (χ1v) is 9.06. The Morgan fingerprint density at radius 1 is 0.880 bits per heavy atom. The molecule has 1 saturated heterocycles. The summed E-state index contributed by atoms with van der Waals surface area (Å²) in [7, 11) is 0. The van der Waals surface area contributed by atoms with Crippen LogP contribution in [0.25, 0.3) is 0 Å². The molecule has 0 aliphatic carbocycles. The van der Waals surface area contributed by atoms with E-state index >= 15 is 0 Å². The van der Waals surface area contributed by atoms with Gasteiger partial charge in [-0.3, -0.25) is 4.98 Å². The molecule has 0 amide bonds. The van der Waals surface area contributed by atoms with E-state index in [-0.39, 0.29) is 5.82 Å². The standard InChI is InChI=1S/C18H18FN5S/c19-15-3-1-14(2-4-15)13-17-21-22-18(25-17)24-11-9-23(10-12-24)16-5-7-20-8-6-16/h1-8H,9-13H2. The second-order valence-corrected chi connectivity index (χ2v) is 7.00. The van der Waals surface area contributed by atoms with E-state index in [1.165, 1.54) is 17.8 Å². The summed E-state index contributed by atoms with van der Waals surface area (Å²) in [6.07, 6.45) is 4.34. The predicted octanol–water partition coefficient (Wildman–Crippen LogP) is 2.99. The maximum atomic E-state index is 13.0. The third-order valence-electron chi connectivity index (χ3n) is 4.30. The van der Waals surface area contributed by atoms with Crippen LogP contribution in [0.5, 0.6) is 0 Å². The van der Waals surface area contributed by atoms with Gasteiger partial charge in [0, 0.05) is 50.7 Å². The summed E-state index contributed by atoms with van der Waals surface area (Å²) in [4.78, 5) is 8.71. The number of benzene rings is 1. The van der Waals surface area contributed by atoms with E-state index in [2.05, 4.69) is 25.0 Å². The highest BCUT2D eigenvalue weighted by Gasteiger charge is 2.20. The third-order valence-corrected chi connectivity index (χ3v) is 5.29. The van der Waals surface area contributed by atoms with Crippen molar-refractivity contribution in [2.75, 3.05) is 36.0 Å². The van der Waals surface area contributed by atoms with Crippen molar-refractivity contribution in [3.05, 3.63) is 65.2 Å². The Hall–Kier alpha value is -2.54. The van der Waals surface area contributed by atoms with Crippen LogP contribution in [0, 0.1) is 5.82 Å². The number of piperazine rings is 1. The van der Waals surface area contributed by atoms with E-state index < -0.39 is 0 Å². The van der Waals surface area contributed by atoms with E-state index in [0.29, 0.717) is 6.42 Å². The Bertz CT molecular complexity index is 813. The fourth-order valence-corrected chi connectivity index (χ4v) is 3.86. The molecule has 0 saturated carbocycles. The molecule has 2 aromatic heterocycles. The molecular formula is C18H18FN5S. The van der Waals surface area contributed by atoms with Gasteiger partial charge in [-0.05, 0) is 29.8 Å². The van der Waals surface area contributed by atoms with Crippen molar-refractivity contribution in [1.29, 1.82) is 0 Å². The molecule has 0 atom stereocenters. The number of aromatic nitrogens is 3. The molecule has 25 heavy (non-hydrogen) atoms. The van der Waals surface area contributed by atoms with E-state index in [9.17, 15) is 4.39 Å². The Labute approximate surface area is 149 Å². The van der Waals surface area contributed by atoms with E-state index in [0.717, 1.165) is 41.9 Å². The molecule has 5 nitrogen and oxygen atoms in total. The summed E-state index contributed by atoms with van der Waals surface area (Å²) in [5.41, 5.74) is 2.26. The highest BCUT2D eigenvalue weighted by atomic mass is 32.1. The molecule has 0 bridgehead atoms. The van der Waals surface area contributed by atoms with Crippen LogP contribution in [0.1, 0.15) is 10.6 Å². The lowest BCUT2D eigenvalue weighted by atomic mass is 10.2. The molecule has 3 heterocycles. The molecule has 0 radical (unpaired) electrons. The van der Waals surface area contributed by atoms with Crippen LogP contribution in [0.2, 0.25) is 0 Å². The molecule has 0 spiro atoms. The largest absolute Gasteiger partial charge is 0.368 e. The lowest BCUT2D eigenvalue weighted by Gasteiger charge is -2.35. The lowest BCUT2D eigenvalue weighted by molar-refractivity contribution is 0.627. The summed E-state index contributed by atoms with van der Waals surface area (Å²) in [6, 6.07) is 10.6. The quantitative estimate of drug-likeness (QED) is 0.720. The van der Waals surface area contributed by atoms with Crippen LogP contribution in [-0.4, -0.2) is 41.4 Å². The first-order chi connectivity index (χ1) is 12.3. The van der Waals surface area contributed by atoms with Crippen molar-refractivity contribution < 1.29 is 4.39 Å². The minimum absolute atomic E-state index is 0.214. The monoisotopic (exact) mass is 355 g/mol. The Morgan fingerprint density at radius 3 is 2.28 bits per heavy atom. The van der Waals surface area contributed by atoms with Crippen LogP contribution in [0.4, 0.5) is 15.2 Å². The highest BCUT2D eigenvalue weighted by molar-refractivity contribution is 7.15. The van der Waals surface area contributed by atoms with Crippen molar-refractivity contribution in [2.45, 2.75) is 6.42 Å². The second-order valence-electron chi connectivity index (χ2n) is 5.96. The van der Waals surface area contributed by atoms with Gasteiger partial charge in [0.1, 0.15) is 10.8 Å². The molecule has 0 unspecified atom stereocenters. The molecule has 3 aromatic rings. The van der Waals surface area contributed by atoms with Crippen LogP contribution in [-0.2, 0) is 6.42 Å². The van der Waals surface area contributed by atoms with Crippen LogP contribution in [0.3, 0.4) is 0 Å². The maximum absolute atomic E-state index is 13.0. The SMILES string of the molecule is Fc1ccc(Cc2nnc(N3CCN(c4ccncc4)CC3)s2)cc1. The summed E-state index contributed by atoms with van der Waals surface area (Å²) in [6.45, 7) is 3.76. The van der Waals surface area contributed by atoms with E-state index in [1.807, 2.05) is 24.5 Å². The Kier molecular flexibility index (Phi) is 4.56. The molecule has 7 heteroatoms. The highest BCUT2D eigenvalue weighted by Crippen LogP contribution is 2.24. The van der Waals surface area contributed by atoms with Crippen LogP contribution < -0.4 is 9.80 Å². The van der Waals surface area contributed by atoms with Crippen LogP contribution in [0.15, 0.2) is 48.8 Å². The van der Waals surface area contributed by atoms with Crippen LogP contribution >= 0.6 is 11.3 Å². The number of anilines is 2. The van der Waals surface area contributed by atoms with Gasteiger partial charge in [0.05, 0.1) is 0 Å². The fourth-order valence-electron chi connectivity index (χ4n) is 2.93. The normalized spacial score (nSPS) is 14.8. The molecule has 1 aliphatic rings. The van der Waals surface area contributed by atoms with Gasteiger partial charge in [0.25, 0.3) is 0 Å². The van der Waals surface area contributed by atoms with E-state index in [1.54, 1.807) is 23.5 Å². The number of halogens is 1. The molecule has 1 aromatic carbocycles. The van der Waals surface area contributed by atoms with Crippen molar-refractivity contribution in [3.8, 4) is 0 Å². The van der Waals surface area contributed by atoms with Gasteiger partial charge in [-0.1, -0.05) is 23.5 Å². The molecular weight excluding hydrogens is 337 g/mol. The number of hydrogen-bond donors (Lipinski definition) is 0. The minimum Gasteiger partial charge on any atom is -0.368 e. The third kappa shape index (κ3) is 3.76. The molecule has 1 aliphatic heterocycles. The first-order valence-electron chi connectivity index (χ1n) is 8.25. The van der Waals surface area contributed by atoms with Gasteiger partial charge in [-0.25, -0.2) is 4.39 Å². The van der Waals surface area contributed by atoms with Crippen molar-refractivity contribution in [2.24, 2.45) is 0 Å². The molecule has 4 rings (SSSR count). The molecule has 128 valence electrons. The van der Waals surface area contributed by atoms with Gasteiger partial charge < -0.3 is 9.80 Å².